The van der Waals surface area contributed by atoms with Crippen LogP contribution in [0.3, 0.4) is 0 Å². The molecule has 0 radical (unpaired) electrons. The zero-order valence-corrected chi connectivity index (χ0v) is 18.7. The topological polar surface area (TPSA) is 65.1 Å². The minimum atomic E-state index is -3.96. The summed E-state index contributed by atoms with van der Waals surface area (Å²) in [6.45, 7) is 8.04. The predicted molar refractivity (Wildman–Crippen MR) is 121 cm³/mol. The van der Waals surface area contributed by atoms with Crippen LogP contribution in [0.15, 0.2) is 48.5 Å². The second-order valence-electron chi connectivity index (χ2n) is 8.13. The molecule has 9 heteroatoms. The Bertz CT molecular complexity index is 1010. The molecule has 4 rings (SSSR count). The molecule has 2 unspecified atom stereocenters. The van der Waals surface area contributed by atoms with Gasteiger partial charge in [-0.2, -0.15) is 8.42 Å². The van der Waals surface area contributed by atoms with E-state index in [0.29, 0.717) is 30.1 Å². The Morgan fingerprint density at radius 3 is 2.19 bits per heavy atom. The lowest BCUT2D eigenvalue weighted by Gasteiger charge is -2.36. The van der Waals surface area contributed by atoms with Gasteiger partial charge in [0.05, 0.1) is 36.8 Å². The van der Waals surface area contributed by atoms with Crippen LogP contribution in [0, 0.1) is 5.82 Å². The number of rotatable bonds is 7. The first-order valence-electron chi connectivity index (χ1n) is 10.6. The van der Waals surface area contributed by atoms with Crippen molar-refractivity contribution in [2.45, 2.75) is 25.9 Å². The van der Waals surface area contributed by atoms with Crippen LogP contribution < -0.4 is 13.9 Å². The third-order valence-corrected chi connectivity index (χ3v) is 7.36. The smallest absolute Gasteiger partial charge is 0.331 e. The monoisotopic (exact) mass is 448 g/mol. The van der Waals surface area contributed by atoms with E-state index in [9.17, 15) is 12.8 Å². The van der Waals surface area contributed by atoms with Gasteiger partial charge in [0, 0.05) is 31.7 Å². The first kappa shape index (κ1) is 22.0. The fourth-order valence-corrected chi connectivity index (χ4v) is 6.07. The Labute approximate surface area is 183 Å². The molecule has 0 aliphatic carbocycles. The highest BCUT2D eigenvalue weighted by molar-refractivity contribution is 7.95. The normalized spacial score (nSPS) is 23.2. The van der Waals surface area contributed by atoms with Gasteiger partial charge in [0.2, 0.25) is 0 Å². The van der Waals surface area contributed by atoms with Crippen molar-refractivity contribution >= 4 is 27.3 Å². The van der Waals surface area contributed by atoms with E-state index in [2.05, 4.69) is 24.1 Å². The molecule has 0 spiro atoms. The van der Waals surface area contributed by atoms with Crippen molar-refractivity contribution in [3.63, 3.8) is 0 Å². The van der Waals surface area contributed by atoms with Crippen molar-refractivity contribution in [3.8, 4) is 0 Å². The maximum absolute atomic E-state index is 14.4. The molecule has 1 N–H and O–H groups in total. The van der Waals surface area contributed by atoms with E-state index in [4.69, 9.17) is 4.74 Å². The SMILES string of the molecule is CC1CN(CCOCCN2c3ccccc3N(c3ccccc3F)S2(=O)=O)CC(C)N1. The molecule has 2 heterocycles. The molecule has 2 aromatic rings. The van der Waals surface area contributed by atoms with Gasteiger partial charge in [0.1, 0.15) is 5.82 Å². The van der Waals surface area contributed by atoms with Crippen LogP contribution in [0.1, 0.15) is 13.8 Å². The van der Waals surface area contributed by atoms with Crippen molar-refractivity contribution < 1.29 is 17.5 Å². The van der Waals surface area contributed by atoms with Gasteiger partial charge in [-0.05, 0) is 38.1 Å². The number of fused-ring (bicyclic) bond motifs is 1. The minimum Gasteiger partial charge on any atom is -0.378 e. The van der Waals surface area contributed by atoms with E-state index in [-0.39, 0.29) is 18.8 Å². The second-order valence-corrected chi connectivity index (χ2v) is 9.83. The van der Waals surface area contributed by atoms with Crippen molar-refractivity contribution in [2.24, 2.45) is 0 Å². The Balaban J connectivity index is 1.41. The summed E-state index contributed by atoms with van der Waals surface area (Å²) < 4.78 is 49.2. The fraction of sp³-hybridized carbons (Fsp3) is 0.455. The summed E-state index contributed by atoms with van der Waals surface area (Å²) in [4.78, 5) is 2.35. The van der Waals surface area contributed by atoms with Gasteiger partial charge in [-0.15, -0.1) is 0 Å². The molecule has 1 saturated heterocycles. The van der Waals surface area contributed by atoms with Crippen molar-refractivity contribution in [3.05, 3.63) is 54.3 Å². The van der Waals surface area contributed by atoms with Crippen LogP contribution in [0.5, 0.6) is 0 Å². The number of benzene rings is 2. The number of para-hydroxylation sites is 3. The minimum absolute atomic E-state index is 0.0142. The number of anilines is 3. The van der Waals surface area contributed by atoms with Gasteiger partial charge in [-0.1, -0.05) is 24.3 Å². The van der Waals surface area contributed by atoms with Crippen molar-refractivity contribution in [2.75, 3.05) is 48.0 Å². The van der Waals surface area contributed by atoms with Gasteiger partial charge in [0.15, 0.2) is 0 Å². The van der Waals surface area contributed by atoms with Gasteiger partial charge in [-0.3, -0.25) is 4.90 Å². The van der Waals surface area contributed by atoms with Crippen LogP contribution in [0.2, 0.25) is 0 Å². The molecule has 2 aromatic carbocycles. The summed E-state index contributed by atoms with van der Waals surface area (Å²) in [5.41, 5.74) is 0.982. The molecule has 31 heavy (non-hydrogen) atoms. The number of nitrogens with zero attached hydrogens (tertiary/aromatic N) is 3. The summed E-state index contributed by atoms with van der Waals surface area (Å²) in [6, 6.07) is 13.7. The Morgan fingerprint density at radius 2 is 1.52 bits per heavy atom. The van der Waals surface area contributed by atoms with Crippen LogP contribution >= 0.6 is 0 Å². The van der Waals surface area contributed by atoms with Crippen molar-refractivity contribution in [1.29, 1.82) is 0 Å². The Morgan fingerprint density at radius 1 is 0.935 bits per heavy atom. The van der Waals surface area contributed by atoms with E-state index in [1.165, 1.54) is 16.4 Å². The standard InChI is InChI=1S/C22H29FN4O3S/c1-17-15-25(16-18(2)24-17)11-13-30-14-12-26-21-9-5-6-10-22(21)27(31(26,28)29)20-8-4-3-7-19(20)23/h3-10,17-18,24H,11-16H2,1-2H3. The predicted octanol–water partition coefficient (Wildman–Crippen LogP) is 2.73. The van der Waals surface area contributed by atoms with Gasteiger partial charge >= 0.3 is 10.2 Å². The summed E-state index contributed by atoms with van der Waals surface area (Å²) >= 11 is 0. The Hall–Kier alpha value is -2.20. The average molecular weight is 449 g/mol. The number of halogens is 1. The average Bonchev–Trinajstić information content (AvgIpc) is 2.94. The molecular formula is C22H29FN4O3S. The maximum Gasteiger partial charge on any atom is 0.331 e. The molecule has 168 valence electrons. The lowest BCUT2D eigenvalue weighted by molar-refractivity contribution is 0.0894. The number of nitrogens with one attached hydrogen (secondary N) is 1. The van der Waals surface area contributed by atoms with E-state index in [1.54, 1.807) is 36.4 Å². The zero-order valence-electron chi connectivity index (χ0n) is 17.9. The zero-order chi connectivity index (χ0) is 22.0. The highest BCUT2D eigenvalue weighted by atomic mass is 32.2. The largest absolute Gasteiger partial charge is 0.378 e. The summed E-state index contributed by atoms with van der Waals surface area (Å²) in [5.74, 6) is -0.585. The molecule has 0 bridgehead atoms. The lowest BCUT2D eigenvalue weighted by Crippen LogP contribution is -2.54. The van der Waals surface area contributed by atoms with Crippen molar-refractivity contribution in [1.82, 2.24) is 10.2 Å². The molecule has 2 aliphatic rings. The molecule has 0 saturated carbocycles. The van der Waals surface area contributed by atoms with E-state index >= 15 is 0 Å². The lowest BCUT2D eigenvalue weighted by atomic mass is 10.1. The van der Waals surface area contributed by atoms with E-state index in [0.717, 1.165) is 23.9 Å². The van der Waals surface area contributed by atoms with Crippen LogP contribution in [0.25, 0.3) is 0 Å². The van der Waals surface area contributed by atoms with Gasteiger partial charge in [-0.25, -0.2) is 13.0 Å². The van der Waals surface area contributed by atoms with Crippen LogP contribution in [-0.2, 0) is 14.9 Å². The Kier molecular flexibility index (Phi) is 6.47. The first-order valence-corrected chi connectivity index (χ1v) is 12.0. The number of hydrogen-bond acceptors (Lipinski definition) is 5. The molecule has 0 aromatic heterocycles. The molecular weight excluding hydrogens is 419 g/mol. The second kappa shape index (κ2) is 9.12. The number of ether oxygens (including phenoxy) is 1. The van der Waals surface area contributed by atoms with E-state index in [1.807, 2.05) is 0 Å². The third-order valence-electron chi connectivity index (χ3n) is 5.57. The number of hydrogen-bond donors (Lipinski definition) is 1. The summed E-state index contributed by atoms with van der Waals surface area (Å²) in [7, 11) is -3.96. The molecule has 2 atom stereocenters. The van der Waals surface area contributed by atoms with Gasteiger partial charge < -0.3 is 10.1 Å². The van der Waals surface area contributed by atoms with E-state index < -0.39 is 16.0 Å². The molecule has 7 nitrogen and oxygen atoms in total. The fourth-order valence-electron chi connectivity index (χ4n) is 4.37. The summed E-state index contributed by atoms with van der Waals surface area (Å²) in [6.07, 6.45) is 0. The molecule has 1 fully saturated rings. The van der Waals surface area contributed by atoms with Crippen LogP contribution in [0.4, 0.5) is 21.5 Å². The van der Waals surface area contributed by atoms with Crippen LogP contribution in [-0.4, -0.2) is 64.8 Å². The highest BCUT2D eigenvalue weighted by Gasteiger charge is 2.41. The quantitative estimate of drug-likeness (QED) is 0.660. The number of piperazine rings is 1. The molecule has 0 amide bonds. The maximum atomic E-state index is 14.4. The highest BCUT2D eigenvalue weighted by Crippen LogP contribution is 2.45. The van der Waals surface area contributed by atoms with Gasteiger partial charge in [0.25, 0.3) is 0 Å². The molecule has 2 aliphatic heterocycles. The summed E-state index contributed by atoms with van der Waals surface area (Å²) in [5, 5.41) is 3.50. The first-order chi connectivity index (χ1) is 14.9. The third kappa shape index (κ3) is 4.55.